The van der Waals surface area contributed by atoms with Gasteiger partial charge in [0.15, 0.2) is 11.5 Å². The highest BCUT2D eigenvalue weighted by molar-refractivity contribution is 9.10. The highest BCUT2D eigenvalue weighted by Crippen LogP contribution is 2.43. The summed E-state index contributed by atoms with van der Waals surface area (Å²) in [7, 11) is 3.31. The van der Waals surface area contributed by atoms with Gasteiger partial charge in [0, 0.05) is 17.1 Å². The highest BCUT2D eigenvalue weighted by atomic mass is 79.9. The first-order valence-corrected chi connectivity index (χ1v) is 11.9. The lowest BCUT2D eigenvalue weighted by molar-refractivity contribution is -0.124. The zero-order chi connectivity index (χ0) is 23.4. The van der Waals surface area contributed by atoms with Gasteiger partial charge in [0.1, 0.15) is 6.04 Å². The van der Waals surface area contributed by atoms with Crippen molar-refractivity contribution in [2.45, 2.75) is 31.3 Å². The predicted molar refractivity (Wildman–Crippen MR) is 134 cm³/mol. The van der Waals surface area contributed by atoms with Gasteiger partial charge in [0.05, 0.1) is 14.2 Å². The molecule has 2 N–H and O–H groups in total. The molecule has 0 saturated heterocycles. The average molecular weight is 509 g/mol. The Morgan fingerprint density at radius 3 is 2.36 bits per heavy atom. The van der Waals surface area contributed by atoms with Crippen molar-refractivity contribution in [3.63, 3.8) is 0 Å². The lowest BCUT2D eigenvalue weighted by Crippen LogP contribution is -2.44. The normalized spacial score (nSPS) is 16.6. The first-order chi connectivity index (χ1) is 16.0. The molecule has 2 atom stereocenters. The number of halogens is 1. The summed E-state index contributed by atoms with van der Waals surface area (Å²) in [6.45, 7) is 0.732. The van der Waals surface area contributed by atoms with Gasteiger partial charge in [-0.15, -0.1) is 0 Å². The number of rotatable bonds is 8. The molecule has 33 heavy (non-hydrogen) atoms. The molecule has 1 heterocycles. The molecule has 0 spiro atoms. The van der Waals surface area contributed by atoms with E-state index >= 15 is 0 Å². The second-order valence-electron chi connectivity index (χ2n) is 8.29. The van der Waals surface area contributed by atoms with Gasteiger partial charge in [-0.1, -0.05) is 58.4 Å². The molecular weight excluding hydrogens is 480 g/mol. The summed E-state index contributed by atoms with van der Waals surface area (Å²) in [6, 6.07) is 21.9. The van der Waals surface area contributed by atoms with Gasteiger partial charge in [-0.3, -0.25) is 9.69 Å². The molecule has 5 nitrogen and oxygen atoms in total. The molecule has 0 fully saturated rings. The summed E-state index contributed by atoms with van der Waals surface area (Å²) in [5, 5.41) is 0. The van der Waals surface area contributed by atoms with Crippen molar-refractivity contribution in [2.24, 2.45) is 5.73 Å². The van der Waals surface area contributed by atoms with Crippen molar-refractivity contribution in [3.8, 4) is 11.5 Å². The molecule has 0 aliphatic carbocycles. The van der Waals surface area contributed by atoms with Crippen LogP contribution in [0.2, 0.25) is 0 Å². The van der Waals surface area contributed by atoms with Gasteiger partial charge in [-0.25, -0.2) is 0 Å². The van der Waals surface area contributed by atoms with E-state index in [1.807, 2.05) is 30.3 Å². The van der Waals surface area contributed by atoms with E-state index in [1.54, 1.807) is 14.2 Å². The molecule has 172 valence electrons. The fraction of sp³-hybridized carbons (Fsp3) is 0.296. The molecule has 6 heteroatoms. The zero-order valence-electron chi connectivity index (χ0n) is 19.0. The third-order valence-corrected chi connectivity index (χ3v) is 6.91. The fourth-order valence-corrected chi connectivity index (χ4v) is 5.05. The second-order valence-corrected chi connectivity index (χ2v) is 9.21. The third-order valence-electron chi connectivity index (χ3n) is 6.38. The van der Waals surface area contributed by atoms with Gasteiger partial charge >= 0.3 is 0 Å². The van der Waals surface area contributed by atoms with Crippen molar-refractivity contribution < 1.29 is 14.3 Å². The summed E-state index contributed by atoms with van der Waals surface area (Å²) < 4.78 is 12.2. The van der Waals surface area contributed by atoms with Gasteiger partial charge < -0.3 is 15.2 Å². The molecule has 1 aliphatic heterocycles. The molecule has 1 amide bonds. The summed E-state index contributed by atoms with van der Waals surface area (Å²) in [5.74, 6) is 1.09. The maximum absolute atomic E-state index is 12.7. The number of ether oxygens (including phenoxy) is 2. The minimum absolute atomic E-state index is 0.00918. The summed E-state index contributed by atoms with van der Waals surface area (Å²) in [4.78, 5) is 15.0. The van der Waals surface area contributed by atoms with Crippen molar-refractivity contribution in [1.29, 1.82) is 0 Å². The van der Waals surface area contributed by atoms with Crippen LogP contribution in [0.1, 0.15) is 40.8 Å². The molecule has 0 bridgehead atoms. The van der Waals surface area contributed by atoms with Crippen LogP contribution in [-0.4, -0.2) is 31.6 Å². The number of primary amides is 1. The smallest absolute Gasteiger partial charge is 0.239 e. The zero-order valence-corrected chi connectivity index (χ0v) is 20.5. The number of nitrogens with zero attached hydrogens (tertiary/aromatic N) is 1. The first-order valence-electron chi connectivity index (χ1n) is 11.1. The number of amides is 1. The van der Waals surface area contributed by atoms with E-state index in [4.69, 9.17) is 15.2 Å². The van der Waals surface area contributed by atoms with E-state index in [9.17, 15) is 4.79 Å². The summed E-state index contributed by atoms with van der Waals surface area (Å²) in [5.41, 5.74) is 10.5. The monoisotopic (exact) mass is 508 g/mol. The Hall–Kier alpha value is -2.83. The van der Waals surface area contributed by atoms with Crippen molar-refractivity contribution in [1.82, 2.24) is 4.90 Å². The van der Waals surface area contributed by atoms with Gasteiger partial charge in [-0.2, -0.15) is 0 Å². The summed E-state index contributed by atoms with van der Waals surface area (Å²) in [6.07, 6.45) is 2.53. The number of hydrogen-bond donors (Lipinski definition) is 1. The van der Waals surface area contributed by atoms with Gasteiger partial charge in [-0.05, 0) is 65.8 Å². The lowest BCUT2D eigenvalue weighted by Gasteiger charge is -2.41. The highest BCUT2D eigenvalue weighted by Gasteiger charge is 2.36. The first kappa shape index (κ1) is 23.3. The van der Waals surface area contributed by atoms with Gasteiger partial charge in [0.2, 0.25) is 5.91 Å². The van der Waals surface area contributed by atoms with E-state index in [0.717, 1.165) is 47.2 Å². The van der Waals surface area contributed by atoms with Crippen molar-refractivity contribution in [2.75, 3.05) is 20.8 Å². The average Bonchev–Trinajstić information content (AvgIpc) is 2.84. The largest absolute Gasteiger partial charge is 0.493 e. The van der Waals surface area contributed by atoms with E-state index in [1.165, 1.54) is 11.1 Å². The van der Waals surface area contributed by atoms with Crippen molar-refractivity contribution >= 4 is 21.8 Å². The minimum atomic E-state index is -0.498. The topological polar surface area (TPSA) is 64.8 Å². The quantitative estimate of drug-likeness (QED) is 0.452. The fourth-order valence-electron chi connectivity index (χ4n) is 4.79. The van der Waals surface area contributed by atoms with Crippen molar-refractivity contribution in [3.05, 3.63) is 93.5 Å². The number of aryl methyl sites for hydroxylation is 1. The molecule has 3 aromatic carbocycles. The Morgan fingerprint density at radius 2 is 1.73 bits per heavy atom. The third kappa shape index (κ3) is 5.07. The number of hydrogen-bond acceptors (Lipinski definition) is 4. The van der Waals surface area contributed by atoms with Crippen LogP contribution in [0.15, 0.2) is 71.2 Å². The Bertz CT molecular complexity index is 1100. The SMILES string of the molecule is COc1cc2c(cc1OC)C(CCc1ccc(Br)cc1)N(C(C(N)=O)c1ccccc1)CC2. The molecule has 1 aliphatic rings. The maximum Gasteiger partial charge on any atom is 0.239 e. The van der Waals surface area contributed by atoms with Crippen LogP contribution in [0.25, 0.3) is 0 Å². The van der Waals surface area contributed by atoms with Crippen LogP contribution in [0.4, 0.5) is 0 Å². The Labute approximate surface area is 203 Å². The van der Waals surface area contributed by atoms with Crippen LogP contribution >= 0.6 is 15.9 Å². The van der Waals surface area contributed by atoms with Crippen LogP contribution in [0.3, 0.4) is 0 Å². The molecule has 0 aromatic heterocycles. The molecule has 0 radical (unpaired) electrons. The standard InChI is InChI=1S/C27H29BrN2O3/c1-32-24-16-20-14-15-30(26(27(29)31)19-6-4-3-5-7-19)23(22(20)17-25(24)33-2)13-10-18-8-11-21(28)12-9-18/h3-9,11-12,16-17,23,26H,10,13-15H2,1-2H3,(H2,29,31). The van der Waals surface area contributed by atoms with Gasteiger partial charge in [0.25, 0.3) is 0 Å². The number of carbonyl (C=O) groups is 1. The minimum Gasteiger partial charge on any atom is -0.493 e. The van der Waals surface area contributed by atoms with E-state index in [0.29, 0.717) is 5.75 Å². The number of carbonyl (C=O) groups excluding carboxylic acids is 1. The Kier molecular flexibility index (Phi) is 7.36. The Balaban J connectivity index is 1.75. The predicted octanol–water partition coefficient (Wildman–Crippen LogP) is 5.22. The number of fused-ring (bicyclic) bond motifs is 1. The van der Waals surface area contributed by atoms with Crippen LogP contribution in [0, 0.1) is 0 Å². The van der Waals surface area contributed by atoms with E-state index in [-0.39, 0.29) is 11.9 Å². The Morgan fingerprint density at radius 1 is 1.06 bits per heavy atom. The lowest BCUT2D eigenvalue weighted by atomic mass is 9.86. The molecule has 2 unspecified atom stereocenters. The number of benzene rings is 3. The summed E-state index contributed by atoms with van der Waals surface area (Å²) >= 11 is 3.51. The van der Waals surface area contributed by atoms with Crippen LogP contribution < -0.4 is 15.2 Å². The molecule has 3 aromatic rings. The molecule has 4 rings (SSSR count). The second kappa shape index (κ2) is 10.4. The maximum atomic E-state index is 12.7. The van der Waals surface area contributed by atoms with E-state index < -0.39 is 6.04 Å². The number of nitrogens with two attached hydrogens (primary N) is 1. The van der Waals surface area contributed by atoms with Crippen LogP contribution in [-0.2, 0) is 17.6 Å². The number of methoxy groups -OCH3 is 2. The van der Waals surface area contributed by atoms with Crippen LogP contribution in [0.5, 0.6) is 11.5 Å². The molecular formula is C27H29BrN2O3. The van der Waals surface area contributed by atoms with E-state index in [2.05, 4.69) is 57.2 Å². The molecule has 0 saturated carbocycles.